The van der Waals surface area contributed by atoms with Crippen molar-refractivity contribution in [2.24, 2.45) is 0 Å². The van der Waals surface area contributed by atoms with Crippen molar-refractivity contribution in [2.75, 3.05) is 0 Å². The Labute approximate surface area is 96.6 Å². The van der Waals surface area contributed by atoms with Crippen molar-refractivity contribution in [1.82, 2.24) is 10.0 Å². The van der Waals surface area contributed by atoms with Gasteiger partial charge in [0.15, 0.2) is 0 Å². The van der Waals surface area contributed by atoms with Crippen LogP contribution in [-0.2, 0) is 14.8 Å². The molecule has 0 saturated carbocycles. The fourth-order valence-corrected chi connectivity index (χ4v) is 2.36. The van der Waals surface area contributed by atoms with E-state index in [1.165, 1.54) is 18.2 Å². The third-order valence-electron chi connectivity index (χ3n) is 1.54. The number of sulfonamides is 1. The van der Waals surface area contributed by atoms with Gasteiger partial charge in [-0.05, 0) is 12.1 Å². The lowest BCUT2D eigenvalue weighted by atomic mass is 10.4. The van der Waals surface area contributed by atoms with Crippen LogP contribution in [0, 0.1) is 0 Å². The van der Waals surface area contributed by atoms with Crippen molar-refractivity contribution in [2.45, 2.75) is 4.90 Å². The smallest absolute Gasteiger partial charge is 0.280 e. The van der Waals surface area contributed by atoms with Gasteiger partial charge in [-0.15, -0.1) is 0 Å². The normalized spacial score (nSPS) is 10.6. The summed E-state index contributed by atoms with van der Waals surface area (Å²) in [7, 11) is -4.07. The van der Waals surface area contributed by atoms with Gasteiger partial charge in [-0.2, -0.15) is 0 Å². The molecule has 0 aliphatic rings. The maximum atomic E-state index is 11.6. The van der Waals surface area contributed by atoms with Gasteiger partial charge in [0.1, 0.15) is 4.90 Å². The molecule has 86 valence electrons. The first kappa shape index (κ1) is 12.5. The molecule has 0 aliphatic carbocycles. The first-order valence-electron chi connectivity index (χ1n) is 3.99. The standard InChI is InChI=1S/C8H7ClN2O4S/c9-6-3-1-2-4-7(6)16(14,15)11-8(13)10-5-12/h1-5H,(H2,10,11,12,13). The molecule has 0 fully saturated rings. The predicted molar refractivity (Wildman–Crippen MR) is 56.4 cm³/mol. The van der Waals surface area contributed by atoms with Gasteiger partial charge >= 0.3 is 6.03 Å². The SMILES string of the molecule is O=CNC(=O)NS(=O)(=O)c1ccccc1Cl. The van der Waals surface area contributed by atoms with Gasteiger partial charge in [0.05, 0.1) is 5.02 Å². The molecule has 1 rings (SSSR count). The van der Waals surface area contributed by atoms with Crippen molar-refractivity contribution >= 4 is 34.1 Å². The van der Waals surface area contributed by atoms with E-state index in [0.717, 1.165) is 0 Å². The zero-order chi connectivity index (χ0) is 12.2. The number of nitrogens with one attached hydrogen (secondary N) is 2. The summed E-state index contributed by atoms with van der Waals surface area (Å²) in [5.74, 6) is 0. The Morgan fingerprint density at radius 2 is 1.94 bits per heavy atom. The van der Waals surface area contributed by atoms with Crippen LogP contribution in [0.5, 0.6) is 0 Å². The Morgan fingerprint density at radius 1 is 1.31 bits per heavy atom. The van der Waals surface area contributed by atoms with Crippen LogP contribution in [0.3, 0.4) is 0 Å². The summed E-state index contributed by atoms with van der Waals surface area (Å²) in [6, 6.07) is 4.47. The van der Waals surface area contributed by atoms with Crippen LogP contribution >= 0.6 is 11.6 Å². The number of halogens is 1. The largest absolute Gasteiger partial charge is 0.335 e. The molecule has 0 bridgehead atoms. The Hall–Kier alpha value is -1.60. The van der Waals surface area contributed by atoms with Gasteiger partial charge in [0.2, 0.25) is 6.41 Å². The van der Waals surface area contributed by atoms with Crippen molar-refractivity contribution in [3.63, 3.8) is 0 Å². The average molecular weight is 263 g/mol. The Kier molecular flexibility index (Phi) is 3.86. The van der Waals surface area contributed by atoms with Crippen LogP contribution in [0.1, 0.15) is 0 Å². The van der Waals surface area contributed by atoms with E-state index in [9.17, 15) is 18.0 Å². The third-order valence-corrected chi connectivity index (χ3v) is 3.37. The van der Waals surface area contributed by atoms with E-state index < -0.39 is 16.1 Å². The highest BCUT2D eigenvalue weighted by molar-refractivity contribution is 7.90. The van der Waals surface area contributed by atoms with E-state index in [0.29, 0.717) is 0 Å². The minimum absolute atomic E-state index is 0.0195. The lowest BCUT2D eigenvalue weighted by Crippen LogP contribution is -2.38. The summed E-state index contributed by atoms with van der Waals surface area (Å²) in [5.41, 5.74) is 0. The summed E-state index contributed by atoms with van der Waals surface area (Å²) in [4.78, 5) is 20.5. The topological polar surface area (TPSA) is 92.3 Å². The first-order valence-corrected chi connectivity index (χ1v) is 5.85. The summed E-state index contributed by atoms with van der Waals surface area (Å²) >= 11 is 5.65. The van der Waals surface area contributed by atoms with Crippen LogP contribution in [0.4, 0.5) is 4.79 Å². The Bertz CT molecular complexity index is 515. The average Bonchev–Trinajstić information content (AvgIpc) is 2.17. The second kappa shape index (κ2) is 4.95. The maximum Gasteiger partial charge on any atom is 0.335 e. The number of hydrogen-bond acceptors (Lipinski definition) is 4. The number of amides is 3. The molecule has 1 aromatic carbocycles. The minimum atomic E-state index is -4.07. The minimum Gasteiger partial charge on any atom is -0.280 e. The molecule has 0 heterocycles. The number of rotatable bonds is 3. The molecule has 6 nitrogen and oxygen atoms in total. The molecule has 0 radical (unpaired) electrons. The quantitative estimate of drug-likeness (QED) is 0.775. The van der Waals surface area contributed by atoms with E-state index in [-0.39, 0.29) is 16.3 Å². The fraction of sp³-hybridized carbons (Fsp3) is 0. The Morgan fingerprint density at radius 3 is 2.50 bits per heavy atom. The fourth-order valence-electron chi connectivity index (χ4n) is 0.923. The van der Waals surface area contributed by atoms with Crippen LogP contribution in [-0.4, -0.2) is 20.9 Å². The number of urea groups is 1. The van der Waals surface area contributed by atoms with Gasteiger partial charge in [-0.3, -0.25) is 10.1 Å². The first-order chi connectivity index (χ1) is 7.47. The van der Waals surface area contributed by atoms with E-state index in [2.05, 4.69) is 0 Å². The van der Waals surface area contributed by atoms with Gasteiger partial charge in [-0.25, -0.2) is 17.9 Å². The highest BCUT2D eigenvalue weighted by atomic mass is 35.5. The van der Waals surface area contributed by atoms with Crippen LogP contribution in [0.15, 0.2) is 29.2 Å². The molecule has 0 aromatic heterocycles. The lowest BCUT2D eigenvalue weighted by molar-refractivity contribution is -0.108. The predicted octanol–water partition coefficient (Wildman–Crippen LogP) is 0.484. The molecule has 2 N–H and O–H groups in total. The zero-order valence-electron chi connectivity index (χ0n) is 7.81. The summed E-state index contributed by atoms with van der Waals surface area (Å²) in [5, 5.41) is 1.62. The van der Waals surface area contributed by atoms with Crippen molar-refractivity contribution in [1.29, 1.82) is 0 Å². The summed E-state index contributed by atoms with van der Waals surface area (Å²) < 4.78 is 24.8. The number of carbonyl (C=O) groups is 2. The molecule has 1 aromatic rings. The van der Waals surface area contributed by atoms with Crippen molar-refractivity contribution in [3.05, 3.63) is 29.3 Å². The number of carbonyl (C=O) groups excluding carboxylic acids is 2. The van der Waals surface area contributed by atoms with Gasteiger partial charge in [0.25, 0.3) is 10.0 Å². The van der Waals surface area contributed by atoms with Crippen LogP contribution in [0.2, 0.25) is 5.02 Å². The van der Waals surface area contributed by atoms with Gasteiger partial charge in [0, 0.05) is 0 Å². The molecule has 0 spiro atoms. The molecule has 0 saturated heterocycles. The summed E-state index contributed by atoms with van der Waals surface area (Å²) in [6.45, 7) is 0. The molecule has 8 heteroatoms. The number of imide groups is 1. The molecule has 3 amide bonds. The molecule has 0 atom stereocenters. The monoisotopic (exact) mass is 262 g/mol. The van der Waals surface area contributed by atoms with Crippen LogP contribution in [0.25, 0.3) is 0 Å². The summed E-state index contributed by atoms with van der Waals surface area (Å²) in [6.07, 6.45) is 0.0669. The second-order valence-electron chi connectivity index (χ2n) is 2.63. The highest BCUT2D eigenvalue weighted by Gasteiger charge is 2.19. The maximum absolute atomic E-state index is 11.6. The third kappa shape index (κ3) is 2.94. The van der Waals surface area contributed by atoms with E-state index in [4.69, 9.17) is 11.6 Å². The highest BCUT2D eigenvalue weighted by Crippen LogP contribution is 2.19. The zero-order valence-corrected chi connectivity index (χ0v) is 9.38. The van der Waals surface area contributed by atoms with Crippen LogP contribution < -0.4 is 10.0 Å². The van der Waals surface area contributed by atoms with E-state index in [1.807, 2.05) is 0 Å². The molecule has 16 heavy (non-hydrogen) atoms. The lowest BCUT2D eigenvalue weighted by Gasteiger charge is -2.06. The van der Waals surface area contributed by atoms with Crippen molar-refractivity contribution in [3.8, 4) is 0 Å². The number of benzene rings is 1. The van der Waals surface area contributed by atoms with Gasteiger partial charge in [-0.1, -0.05) is 23.7 Å². The number of hydrogen-bond donors (Lipinski definition) is 2. The molecular weight excluding hydrogens is 256 g/mol. The molecule has 0 unspecified atom stereocenters. The van der Waals surface area contributed by atoms with E-state index >= 15 is 0 Å². The van der Waals surface area contributed by atoms with Crippen molar-refractivity contribution < 1.29 is 18.0 Å². The molecular formula is C8H7ClN2O4S. The Balaban J connectivity index is 2.99. The second-order valence-corrected chi connectivity index (χ2v) is 4.69. The van der Waals surface area contributed by atoms with Gasteiger partial charge < -0.3 is 0 Å². The van der Waals surface area contributed by atoms with E-state index in [1.54, 1.807) is 16.1 Å². The molecule has 0 aliphatic heterocycles.